The molecule has 2 N–H and O–H groups in total. The Labute approximate surface area is 168 Å². The average Bonchev–Trinajstić information content (AvgIpc) is 3.18. The molecular weight excluding hydrogens is 371 g/mol. The summed E-state index contributed by atoms with van der Waals surface area (Å²) < 4.78 is 14.6. The van der Waals surface area contributed by atoms with Crippen molar-refractivity contribution in [2.45, 2.75) is 32.1 Å². The minimum atomic E-state index is -0.493. The van der Waals surface area contributed by atoms with Crippen molar-refractivity contribution < 1.29 is 9.18 Å². The van der Waals surface area contributed by atoms with Crippen LogP contribution in [0.15, 0.2) is 30.9 Å². The summed E-state index contributed by atoms with van der Waals surface area (Å²) >= 11 is 0. The van der Waals surface area contributed by atoms with Gasteiger partial charge in [-0.2, -0.15) is 5.10 Å². The predicted octanol–water partition coefficient (Wildman–Crippen LogP) is 3.93. The number of carbonyl (C=O) groups excluding carboxylic acids is 1. The van der Waals surface area contributed by atoms with Crippen molar-refractivity contribution in [2.24, 2.45) is 13.0 Å². The fourth-order valence-electron chi connectivity index (χ4n) is 3.90. The zero-order chi connectivity index (χ0) is 20.2. The molecular formula is C21H25FN6O. The van der Waals surface area contributed by atoms with E-state index >= 15 is 0 Å². The smallest absolute Gasteiger partial charge is 0.228 e. The van der Waals surface area contributed by atoms with E-state index in [1.807, 2.05) is 19.3 Å². The maximum Gasteiger partial charge on any atom is 0.228 e. The van der Waals surface area contributed by atoms with E-state index in [1.54, 1.807) is 23.3 Å². The van der Waals surface area contributed by atoms with Gasteiger partial charge in [-0.3, -0.25) is 14.5 Å². The lowest BCUT2D eigenvalue weighted by atomic mass is 9.89. The summed E-state index contributed by atoms with van der Waals surface area (Å²) in [5.74, 6) is 0.554. The van der Waals surface area contributed by atoms with Crippen LogP contribution in [0.5, 0.6) is 0 Å². The molecule has 152 valence electrons. The average molecular weight is 396 g/mol. The molecule has 3 aromatic heterocycles. The number of amides is 1. The normalized spacial score (nSPS) is 14.8. The number of anilines is 2. The van der Waals surface area contributed by atoms with Gasteiger partial charge in [0.05, 0.1) is 23.6 Å². The summed E-state index contributed by atoms with van der Waals surface area (Å²) in [6, 6.07) is 1.81. The summed E-state index contributed by atoms with van der Waals surface area (Å²) in [7, 11) is 1.84. The summed E-state index contributed by atoms with van der Waals surface area (Å²) in [5.41, 5.74) is 3.15. The van der Waals surface area contributed by atoms with Crippen LogP contribution in [-0.2, 0) is 11.8 Å². The predicted molar refractivity (Wildman–Crippen MR) is 111 cm³/mol. The zero-order valence-electron chi connectivity index (χ0n) is 16.5. The van der Waals surface area contributed by atoms with Gasteiger partial charge >= 0.3 is 0 Å². The molecule has 29 heavy (non-hydrogen) atoms. The number of rotatable bonds is 6. The molecule has 3 heterocycles. The fraction of sp³-hybridized carbons (Fsp3) is 0.429. The van der Waals surface area contributed by atoms with Gasteiger partial charge in [0.15, 0.2) is 0 Å². The molecule has 0 radical (unpaired) electrons. The summed E-state index contributed by atoms with van der Waals surface area (Å²) in [4.78, 5) is 21.5. The molecule has 4 rings (SSSR count). The van der Waals surface area contributed by atoms with Crippen molar-refractivity contribution in [1.82, 2.24) is 19.7 Å². The highest BCUT2D eigenvalue weighted by Crippen LogP contribution is 2.34. The van der Waals surface area contributed by atoms with Crippen molar-refractivity contribution in [3.8, 4) is 11.1 Å². The Bertz CT molecular complexity index is 1010. The Kier molecular flexibility index (Phi) is 5.69. The van der Waals surface area contributed by atoms with Crippen LogP contribution in [0.2, 0.25) is 0 Å². The molecule has 1 aliphatic rings. The molecule has 0 unspecified atom stereocenters. The first-order chi connectivity index (χ1) is 14.2. The first kappa shape index (κ1) is 19.3. The Morgan fingerprint density at radius 2 is 2.03 bits per heavy atom. The van der Waals surface area contributed by atoms with E-state index in [9.17, 15) is 9.18 Å². The molecule has 7 nitrogen and oxygen atoms in total. The third-order valence-electron chi connectivity index (χ3n) is 5.39. The number of carbonyl (C=O) groups is 1. The Hall–Kier alpha value is -3.03. The van der Waals surface area contributed by atoms with Crippen LogP contribution in [0, 0.1) is 5.92 Å². The summed E-state index contributed by atoms with van der Waals surface area (Å²) in [5, 5.41) is 11.1. The highest BCUT2D eigenvalue weighted by atomic mass is 19.1. The van der Waals surface area contributed by atoms with Gasteiger partial charge < -0.3 is 10.6 Å². The second-order valence-electron chi connectivity index (χ2n) is 7.48. The number of nitrogens with zero attached hydrogens (tertiary/aromatic N) is 4. The maximum absolute atomic E-state index is 12.9. The monoisotopic (exact) mass is 396 g/mol. The molecule has 1 amide bonds. The quantitative estimate of drug-likeness (QED) is 0.659. The largest absolute Gasteiger partial charge is 0.381 e. The van der Waals surface area contributed by atoms with Crippen LogP contribution in [-0.4, -0.2) is 38.9 Å². The summed E-state index contributed by atoms with van der Waals surface area (Å²) in [6.45, 7) is -0.314. The van der Waals surface area contributed by atoms with E-state index < -0.39 is 6.67 Å². The first-order valence-corrected chi connectivity index (χ1v) is 10.0. The number of alkyl halides is 1. The number of aryl methyl sites for hydroxylation is 1. The van der Waals surface area contributed by atoms with Crippen molar-refractivity contribution in [2.75, 3.05) is 23.9 Å². The van der Waals surface area contributed by atoms with Crippen molar-refractivity contribution >= 4 is 28.3 Å². The fourth-order valence-corrected chi connectivity index (χ4v) is 3.90. The maximum atomic E-state index is 12.9. The van der Waals surface area contributed by atoms with Crippen LogP contribution < -0.4 is 10.6 Å². The minimum Gasteiger partial charge on any atom is -0.381 e. The third-order valence-corrected chi connectivity index (χ3v) is 5.39. The lowest BCUT2D eigenvalue weighted by molar-refractivity contribution is -0.120. The van der Waals surface area contributed by atoms with Crippen LogP contribution in [0.25, 0.3) is 22.0 Å². The molecule has 1 fully saturated rings. The molecule has 0 aliphatic heterocycles. The number of nitrogens with one attached hydrogen (secondary N) is 2. The van der Waals surface area contributed by atoms with Gasteiger partial charge in [0.25, 0.3) is 0 Å². The van der Waals surface area contributed by atoms with Crippen molar-refractivity contribution in [3.63, 3.8) is 0 Å². The molecule has 0 aromatic carbocycles. The Morgan fingerprint density at radius 3 is 2.76 bits per heavy atom. The van der Waals surface area contributed by atoms with Crippen molar-refractivity contribution in [3.05, 3.63) is 30.9 Å². The second kappa shape index (κ2) is 8.55. The van der Waals surface area contributed by atoms with Gasteiger partial charge in [-0.05, 0) is 18.9 Å². The van der Waals surface area contributed by atoms with E-state index in [0.717, 1.165) is 47.9 Å². The Balaban J connectivity index is 1.70. The van der Waals surface area contributed by atoms with Crippen LogP contribution in [0.1, 0.15) is 32.1 Å². The summed E-state index contributed by atoms with van der Waals surface area (Å²) in [6.07, 6.45) is 12.3. The van der Waals surface area contributed by atoms with Gasteiger partial charge in [-0.1, -0.05) is 19.3 Å². The number of hydrogen-bond acceptors (Lipinski definition) is 5. The van der Waals surface area contributed by atoms with Crippen molar-refractivity contribution in [1.29, 1.82) is 0 Å². The highest BCUT2D eigenvalue weighted by Gasteiger charge is 2.22. The van der Waals surface area contributed by atoms with E-state index in [-0.39, 0.29) is 18.4 Å². The second-order valence-corrected chi connectivity index (χ2v) is 7.48. The van der Waals surface area contributed by atoms with Gasteiger partial charge in [0.1, 0.15) is 12.5 Å². The van der Waals surface area contributed by atoms with Gasteiger partial charge in [-0.15, -0.1) is 0 Å². The number of fused-ring (bicyclic) bond motifs is 1. The zero-order valence-corrected chi connectivity index (χ0v) is 16.5. The van der Waals surface area contributed by atoms with Crippen LogP contribution >= 0.6 is 0 Å². The van der Waals surface area contributed by atoms with E-state index in [4.69, 9.17) is 0 Å². The van der Waals surface area contributed by atoms with Crippen LogP contribution in [0.4, 0.5) is 15.9 Å². The molecule has 3 aromatic rings. The SMILES string of the molecule is Cn1cc(-c2cnc3cnc(NC(=O)C4CCCCC4)cc3c2NCCF)cn1. The number of pyridine rings is 2. The lowest BCUT2D eigenvalue weighted by Crippen LogP contribution is -2.25. The van der Waals surface area contributed by atoms with Crippen LogP contribution in [0.3, 0.4) is 0 Å². The van der Waals surface area contributed by atoms with E-state index in [0.29, 0.717) is 11.3 Å². The number of aromatic nitrogens is 4. The van der Waals surface area contributed by atoms with E-state index in [1.165, 1.54) is 6.42 Å². The minimum absolute atomic E-state index is 0.0196. The van der Waals surface area contributed by atoms with Gasteiger partial charge in [-0.25, -0.2) is 9.37 Å². The topological polar surface area (TPSA) is 84.7 Å². The Morgan fingerprint density at radius 1 is 1.21 bits per heavy atom. The molecule has 8 heteroatoms. The standard InChI is InChI=1S/C21H25FN6O/c1-28-13-15(10-26-28)17-11-24-18-12-25-19(9-16(18)20(17)23-8-7-22)27-21(29)14-5-3-2-4-6-14/h9-14H,2-8H2,1H3,(H,23,24)(H,25,27,29). The molecule has 0 atom stereocenters. The first-order valence-electron chi connectivity index (χ1n) is 10.0. The lowest BCUT2D eigenvalue weighted by Gasteiger charge is -2.20. The third kappa shape index (κ3) is 4.21. The van der Waals surface area contributed by atoms with Gasteiger partial charge in [0.2, 0.25) is 5.91 Å². The molecule has 0 spiro atoms. The van der Waals surface area contributed by atoms with E-state index in [2.05, 4.69) is 25.7 Å². The molecule has 1 saturated carbocycles. The molecule has 0 saturated heterocycles. The number of hydrogen-bond donors (Lipinski definition) is 2. The molecule has 0 bridgehead atoms. The molecule has 1 aliphatic carbocycles. The van der Waals surface area contributed by atoms with Gasteiger partial charge in [0, 0.05) is 48.4 Å². The highest BCUT2D eigenvalue weighted by molar-refractivity contribution is 6.01. The number of halogens is 1.